The number of nitrogens with zero attached hydrogens (tertiary/aromatic N) is 6. The van der Waals surface area contributed by atoms with Gasteiger partial charge in [0, 0.05) is 6.07 Å². The lowest BCUT2D eigenvalue weighted by atomic mass is 10.1. The Hall–Kier alpha value is -3.69. The number of benzene rings is 1. The van der Waals surface area contributed by atoms with Crippen LogP contribution >= 0.6 is 0 Å². The molecule has 2 aromatic heterocycles. The van der Waals surface area contributed by atoms with Crippen LogP contribution in [-0.4, -0.2) is 36.0 Å². The number of carbonyl (C=O) groups excluding carboxylic acids is 1. The van der Waals surface area contributed by atoms with E-state index in [-0.39, 0.29) is 29.5 Å². The molecule has 3 aromatic rings. The van der Waals surface area contributed by atoms with Gasteiger partial charge in [-0.25, -0.2) is 9.67 Å². The molecule has 126 valence electrons. The summed E-state index contributed by atoms with van der Waals surface area (Å²) in [5.74, 6) is 0.00864. The highest BCUT2D eigenvalue weighted by Gasteiger charge is 2.13. The zero-order chi connectivity index (χ0) is 17.8. The monoisotopic (exact) mass is 339 g/mol. The number of rotatable bonds is 5. The van der Waals surface area contributed by atoms with Gasteiger partial charge in [0.2, 0.25) is 5.91 Å². The Kier molecular flexibility index (Phi) is 4.42. The van der Waals surface area contributed by atoms with Crippen molar-refractivity contribution in [3.63, 3.8) is 0 Å². The second-order valence-corrected chi connectivity index (χ2v) is 5.20. The van der Waals surface area contributed by atoms with E-state index in [1.54, 1.807) is 24.3 Å². The van der Waals surface area contributed by atoms with Gasteiger partial charge in [-0.05, 0) is 41.1 Å². The third-order valence-corrected chi connectivity index (χ3v) is 3.44. The number of aromatic nitrogens is 5. The van der Waals surface area contributed by atoms with Crippen molar-refractivity contribution in [2.24, 2.45) is 0 Å². The first-order chi connectivity index (χ1) is 12.0. The molecule has 3 rings (SSSR count). The predicted octanol–water partition coefficient (Wildman–Crippen LogP) is 1.46. The molecule has 0 aliphatic heterocycles. The molecule has 0 saturated carbocycles. The van der Waals surface area contributed by atoms with Gasteiger partial charge in [0.05, 0.1) is 17.0 Å². The molecule has 0 radical (unpaired) electrons. The fourth-order valence-corrected chi connectivity index (χ4v) is 2.23. The number of amides is 1. The second-order valence-electron chi connectivity index (χ2n) is 5.20. The van der Waals surface area contributed by atoms with Crippen molar-refractivity contribution in [2.75, 3.05) is 5.32 Å². The van der Waals surface area contributed by atoms with E-state index in [9.17, 15) is 14.9 Å². The number of pyridine rings is 1. The highest BCUT2D eigenvalue weighted by atomic mass is 16.6. The number of nitro groups is 1. The highest BCUT2D eigenvalue weighted by molar-refractivity contribution is 5.91. The average Bonchev–Trinajstić information content (AvgIpc) is 3.09. The minimum absolute atomic E-state index is 0.0869. The number of hydrogen-bond acceptors (Lipinski definition) is 7. The topological polar surface area (TPSA) is 129 Å². The first kappa shape index (κ1) is 16.2. The molecular weight excluding hydrogens is 326 g/mol. The van der Waals surface area contributed by atoms with Crippen LogP contribution in [0.25, 0.3) is 5.69 Å². The molecule has 10 heteroatoms. The Bertz CT molecular complexity index is 907. The van der Waals surface area contributed by atoms with Gasteiger partial charge in [-0.3, -0.25) is 14.9 Å². The van der Waals surface area contributed by atoms with Crippen LogP contribution in [0.4, 0.5) is 11.5 Å². The molecule has 0 unspecified atom stereocenters. The van der Waals surface area contributed by atoms with Crippen LogP contribution in [0.2, 0.25) is 0 Å². The second kappa shape index (κ2) is 6.83. The Labute approximate surface area is 141 Å². The standard InChI is InChI=1S/C15H13N7O3/c1-10-13(22(24)25)6-7-14(17-10)18-15(23)8-11-2-4-12(5-3-11)21-9-16-19-20-21/h2-7,9H,8H2,1H3,(H,17,18,23). The van der Waals surface area contributed by atoms with E-state index in [0.717, 1.165) is 11.3 Å². The van der Waals surface area contributed by atoms with Crippen molar-refractivity contribution in [3.8, 4) is 5.69 Å². The molecular formula is C15H13N7O3. The van der Waals surface area contributed by atoms with Gasteiger partial charge in [-0.2, -0.15) is 0 Å². The quantitative estimate of drug-likeness (QED) is 0.550. The Morgan fingerprint density at radius 1 is 1.24 bits per heavy atom. The minimum Gasteiger partial charge on any atom is -0.310 e. The van der Waals surface area contributed by atoms with Gasteiger partial charge in [0.25, 0.3) is 5.69 Å². The number of aryl methyl sites for hydroxylation is 1. The van der Waals surface area contributed by atoms with Gasteiger partial charge in [-0.1, -0.05) is 12.1 Å². The predicted molar refractivity (Wildman–Crippen MR) is 87.1 cm³/mol. The fraction of sp³-hybridized carbons (Fsp3) is 0.133. The SMILES string of the molecule is Cc1nc(NC(=O)Cc2ccc(-n3cnnn3)cc2)ccc1[N+](=O)[O-]. The van der Waals surface area contributed by atoms with Gasteiger partial charge < -0.3 is 5.32 Å². The van der Waals surface area contributed by atoms with E-state index >= 15 is 0 Å². The van der Waals surface area contributed by atoms with E-state index < -0.39 is 4.92 Å². The van der Waals surface area contributed by atoms with E-state index in [1.165, 1.54) is 30.1 Å². The maximum Gasteiger partial charge on any atom is 0.290 e. The first-order valence-electron chi connectivity index (χ1n) is 7.27. The van der Waals surface area contributed by atoms with Gasteiger partial charge in [-0.15, -0.1) is 5.10 Å². The molecule has 1 N–H and O–H groups in total. The molecule has 0 aliphatic rings. The van der Waals surface area contributed by atoms with E-state index in [2.05, 4.69) is 25.8 Å². The number of anilines is 1. The molecule has 10 nitrogen and oxygen atoms in total. The maximum absolute atomic E-state index is 12.1. The Balaban J connectivity index is 1.64. The van der Waals surface area contributed by atoms with Crippen LogP contribution in [0.15, 0.2) is 42.7 Å². The molecule has 0 aliphatic carbocycles. The van der Waals surface area contributed by atoms with E-state index in [0.29, 0.717) is 0 Å². The lowest BCUT2D eigenvalue weighted by Crippen LogP contribution is -2.15. The lowest BCUT2D eigenvalue weighted by Gasteiger charge is -2.06. The number of hydrogen-bond donors (Lipinski definition) is 1. The Morgan fingerprint density at radius 2 is 2.00 bits per heavy atom. The summed E-state index contributed by atoms with van der Waals surface area (Å²) in [6.45, 7) is 1.52. The summed E-state index contributed by atoms with van der Waals surface area (Å²) < 4.78 is 1.51. The highest BCUT2D eigenvalue weighted by Crippen LogP contribution is 2.18. The minimum atomic E-state index is -0.514. The van der Waals surface area contributed by atoms with Crippen molar-refractivity contribution in [3.05, 3.63) is 64.1 Å². The molecule has 2 heterocycles. The number of carbonyl (C=O) groups is 1. The molecule has 1 aromatic carbocycles. The van der Waals surface area contributed by atoms with E-state index in [4.69, 9.17) is 0 Å². The molecule has 0 atom stereocenters. The third-order valence-electron chi connectivity index (χ3n) is 3.44. The normalized spacial score (nSPS) is 10.4. The molecule has 25 heavy (non-hydrogen) atoms. The van der Waals surface area contributed by atoms with Crippen LogP contribution in [-0.2, 0) is 11.2 Å². The number of tetrazole rings is 1. The third kappa shape index (κ3) is 3.80. The first-order valence-corrected chi connectivity index (χ1v) is 7.27. The van der Waals surface area contributed by atoms with Crippen LogP contribution in [0, 0.1) is 17.0 Å². The molecule has 0 fully saturated rings. The van der Waals surface area contributed by atoms with Crippen molar-refractivity contribution in [1.82, 2.24) is 25.2 Å². The van der Waals surface area contributed by atoms with Crippen molar-refractivity contribution in [1.29, 1.82) is 0 Å². The van der Waals surface area contributed by atoms with Gasteiger partial charge >= 0.3 is 0 Å². The zero-order valence-electron chi connectivity index (χ0n) is 13.2. The van der Waals surface area contributed by atoms with Crippen molar-refractivity contribution in [2.45, 2.75) is 13.3 Å². The summed E-state index contributed by atoms with van der Waals surface area (Å²) >= 11 is 0. The smallest absolute Gasteiger partial charge is 0.290 e. The summed E-state index contributed by atoms with van der Waals surface area (Å²) in [5.41, 5.74) is 1.74. The summed E-state index contributed by atoms with van der Waals surface area (Å²) in [7, 11) is 0. The van der Waals surface area contributed by atoms with Crippen LogP contribution < -0.4 is 5.32 Å². The lowest BCUT2D eigenvalue weighted by molar-refractivity contribution is -0.385. The van der Waals surface area contributed by atoms with Crippen LogP contribution in [0.5, 0.6) is 0 Å². The summed E-state index contributed by atoms with van der Waals surface area (Å²) in [6, 6.07) is 9.92. The molecule has 0 spiro atoms. The largest absolute Gasteiger partial charge is 0.310 e. The zero-order valence-corrected chi connectivity index (χ0v) is 13.2. The van der Waals surface area contributed by atoms with Crippen LogP contribution in [0.3, 0.4) is 0 Å². The van der Waals surface area contributed by atoms with Crippen molar-refractivity contribution >= 4 is 17.4 Å². The summed E-state index contributed by atoms with van der Waals surface area (Å²) in [6.07, 6.45) is 1.62. The fourth-order valence-electron chi connectivity index (χ4n) is 2.23. The molecule has 0 saturated heterocycles. The Morgan fingerprint density at radius 3 is 2.60 bits per heavy atom. The van der Waals surface area contributed by atoms with Gasteiger partial charge in [0.15, 0.2) is 0 Å². The summed E-state index contributed by atoms with van der Waals surface area (Å²) in [5, 5.41) is 24.3. The van der Waals surface area contributed by atoms with Crippen LogP contribution in [0.1, 0.15) is 11.3 Å². The number of nitrogens with one attached hydrogen (secondary N) is 1. The van der Waals surface area contributed by atoms with E-state index in [1.807, 2.05) is 0 Å². The molecule has 0 bridgehead atoms. The van der Waals surface area contributed by atoms with Gasteiger partial charge in [0.1, 0.15) is 17.8 Å². The maximum atomic E-state index is 12.1. The average molecular weight is 339 g/mol. The molecule has 1 amide bonds. The summed E-state index contributed by atoms with van der Waals surface area (Å²) in [4.78, 5) is 26.4. The van der Waals surface area contributed by atoms with Crippen molar-refractivity contribution < 1.29 is 9.72 Å².